The predicted octanol–water partition coefficient (Wildman–Crippen LogP) is 3.75. The Bertz CT molecular complexity index is 666. The van der Waals surface area contributed by atoms with Crippen LogP contribution in [0, 0.1) is 0 Å². The number of rotatable bonds is 6. The van der Waals surface area contributed by atoms with Gasteiger partial charge >= 0.3 is 5.97 Å². The minimum absolute atomic E-state index is 0.267. The summed E-state index contributed by atoms with van der Waals surface area (Å²) in [4.78, 5) is 10.8. The van der Waals surface area contributed by atoms with Gasteiger partial charge in [-0.25, -0.2) is 4.79 Å². The van der Waals surface area contributed by atoms with Crippen molar-refractivity contribution >= 4 is 21.9 Å². The lowest BCUT2D eigenvalue weighted by Gasteiger charge is -2.32. The van der Waals surface area contributed by atoms with Gasteiger partial charge in [-0.2, -0.15) is 0 Å². The minimum Gasteiger partial charge on any atom is -0.478 e. The largest absolute Gasteiger partial charge is 0.478 e. The Labute approximate surface area is 144 Å². The van der Waals surface area contributed by atoms with Crippen LogP contribution in [0.2, 0.25) is 0 Å². The molecule has 0 amide bonds. The number of benzene rings is 2. The molecule has 1 atom stereocenters. The van der Waals surface area contributed by atoms with Crippen LogP contribution < -0.4 is 5.32 Å². The zero-order chi connectivity index (χ0) is 17.0. The average molecular weight is 378 g/mol. The first-order chi connectivity index (χ1) is 10.8. The first-order valence-corrected chi connectivity index (χ1v) is 8.10. The first kappa shape index (κ1) is 17.7. The molecule has 0 aromatic heterocycles. The fourth-order valence-corrected chi connectivity index (χ4v) is 2.52. The number of hydrogen-bond acceptors (Lipinski definition) is 3. The number of carbonyl (C=O) groups is 1. The van der Waals surface area contributed by atoms with Gasteiger partial charge in [-0.15, -0.1) is 0 Å². The molecule has 0 heterocycles. The molecule has 2 aromatic rings. The third kappa shape index (κ3) is 4.64. The topological polar surface area (TPSA) is 69.6 Å². The molecule has 0 radical (unpaired) electrons. The van der Waals surface area contributed by atoms with E-state index in [1.165, 1.54) is 0 Å². The molecule has 2 rings (SSSR count). The number of halogens is 1. The van der Waals surface area contributed by atoms with Gasteiger partial charge in [0.15, 0.2) is 0 Å². The van der Waals surface area contributed by atoms with Crippen molar-refractivity contribution in [1.82, 2.24) is 5.32 Å². The highest BCUT2D eigenvalue weighted by molar-refractivity contribution is 9.10. The van der Waals surface area contributed by atoms with Gasteiger partial charge in [0.25, 0.3) is 0 Å². The molecular weight excluding hydrogens is 358 g/mol. The van der Waals surface area contributed by atoms with Crippen molar-refractivity contribution in [3.63, 3.8) is 0 Å². The van der Waals surface area contributed by atoms with Gasteiger partial charge in [0.1, 0.15) is 0 Å². The second-order valence-corrected chi connectivity index (χ2v) is 6.95. The van der Waals surface area contributed by atoms with Crippen molar-refractivity contribution in [2.45, 2.75) is 32.0 Å². The monoisotopic (exact) mass is 377 g/mol. The molecule has 4 nitrogen and oxygen atoms in total. The lowest BCUT2D eigenvalue weighted by atomic mass is 9.91. The van der Waals surface area contributed by atoms with Crippen LogP contribution in [-0.4, -0.2) is 21.7 Å². The summed E-state index contributed by atoms with van der Waals surface area (Å²) in [7, 11) is 0. The van der Waals surface area contributed by atoms with E-state index >= 15 is 0 Å². The van der Waals surface area contributed by atoms with E-state index in [1.807, 2.05) is 38.1 Å². The molecular formula is C18H20BrNO3. The molecule has 0 aliphatic rings. The van der Waals surface area contributed by atoms with Gasteiger partial charge in [0.2, 0.25) is 0 Å². The second-order valence-electron chi connectivity index (χ2n) is 6.03. The van der Waals surface area contributed by atoms with Crippen LogP contribution in [0.25, 0.3) is 0 Å². The normalized spacial score (nSPS) is 12.9. The maximum Gasteiger partial charge on any atom is 0.335 e. The first-order valence-electron chi connectivity index (χ1n) is 7.30. The van der Waals surface area contributed by atoms with Gasteiger partial charge in [0.05, 0.1) is 11.7 Å². The maximum absolute atomic E-state index is 10.8. The molecule has 0 aliphatic heterocycles. The van der Waals surface area contributed by atoms with E-state index in [9.17, 15) is 9.90 Å². The molecule has 0 fully saturated rings. The molecule has 0 spiro atoms. The fraction of sp³-hybridized carbons (Fsp3) is 0.278. The summed E-state index contributed by atoms with van der Waals surface area (Å²) in [5.74, 6) is -0.935. The summed E-state index contributed by atoms with van der Waals surface area (Å²) in [6.07, 6.45) is -0.658. The molecule has 0 bridgehead atoms. The summed E-state index contributed by atoms with van der Waals surface area (Å²) >= 11 is 3.38. The number of aromatic carboxylic acids is 1. The quantitative estimate of drug-likeness (QED) is 0.716. The van der Waals surface area contributed by atoms with Crippen LogP contribution in [0.5, 0.6) is 0 Å². The molecule has 5 heteroatoms. The van der Waals surface area contributed by atoms with E-state index in [2.05, 4.69) is 21.2 Å². The molecule has 23 heavy (non-hydrogen) atoms. The predicted molar refractivity (Wildman–Crippen MR) is 93.4 cm³/mol. The zero-order valence-electron chi connectivity index (χ0n) is 13.1. The number of nitrogens with one attached hydrogen (secondary N) is 1. The van der Waals surface area contributed by atoms with Crippen LogP contribution >= 0.6 is 15.9 Å². The molecule has 2 aromatic carbocycles. The molecule has 0 saturated heterocycles. The third-order valence-electron chi connectivity index (χ3n) is 3.82. The van der Waals surface area contributed by atoms with E-state index in [4.69, 9.17) is 5.11 Å². The van der Waals surface area contributed by atoms with Gasteiger partial charge in [0, 0.05) is 16.6 Å². The number of carboxylic acids is 1. The van der Waals surface area contributed by atoms with Crippen molar-refractivity contribution in [1.29, 1.82) is 0 Å². The van der Waals surface area contributed by atoms with Crippen molar-refractivity contribution in [3.05, 3.63) is 69.7 Å². The Hall–Kier alpha value is -1.69. The molecule has 122 valence electrons. The SMILES string of the molecule is CC(C)(NCc1ccc(C(=O)O)cc1)C(O)c1ccc(Br)cc1. The number of aliphatic hydroxyl groups excluding tert-OH is 1. The van der Waals surface area contributed by atoms with E-state index in [1.54, 1.807) is 24.3 Å². The van der Waals surface area contributed by atoms with E-state index in [0.717, 1.165) is 15.6 Å². The van der Waals surface area contributed by atoms with Gasteiger partial charge in [-0.1, -0.05) is 40.2 Å². The second kappa shape index (κ2) is 7.25. The highest BCUT2D eigenvalue weighted by Crippen LogP contribution is 2.27. The van der Waals surface area contributed by atoms with Crippen molar-refractivity contribution in [3.8, 4) is 0 Å². The summed E-state index contributed by atoms with van der Waals surface area (Å²) in [5, 5.41) is 22.8. The molecule has 0 aliphatic carbocycles. The zero-order valence-corrected chi connectivity index (χ0v) is 14.7. The third-order valence-corrected chi connectivity index (χ3v) is 4.35. The summed E-state index contributed by atoms with van der Waals surface area (Å²) in [6.45, 7) is 4.41. The number of carboxylic acid groups (broad SMARTS) is 1. The lowest BCUT2D eigenvalue weighted by molar-refractivity contribution is 0.0697. The Kier molecular flexibility index (Phi) is 5.57. The Morgan fingerprint density at radius 2 is 1.70 bits per heavy atom. The smallest absolute Gasteiger partial charge is 0.335 e. The minimum atomic E-state index is -0.935. The Morgan fingerprint density at radius 3 is 2.22 bits per heavy atom. The Balaban J connectivity index is 2.02. The summed E-state index contributed by atoms with van der Waals surface area (Å²) in [5.41, 5.74) is 1.54. The van der Waals surface area contributed by atoms with Gasteiger partial charge in [-0.3, -0.25) is 0 Å². The van der Waals surface area contributed by atoms with E-state index < -0.39 is 17.6 Å². The molecule has 0 saturated carbocycles. The van der Waals surface area contributed by atoms with Crippen LogP contribution in [0.15, 0.2) is 53.0 Å². The highest BCUT2D eigenvalue weighted by atomic mass is 79.9. The van der Waals surface area contributed by atoms with E-state index in [0.29, 0.717) is 6.54 Å². The molecule has 3 N–H and O–H groups in total. The summed E-state index contributed by atoms with van der Waals surface area (Å²) in [6, 6.07) is 14.3. The van der Waals surface area contributed by atoms with Gasteiger partial charge in [-0.05, 0) is 49.2 Å². The van der Waals surface area contributed by atoms with Crippen LogP contribution in [-0.2, 0) is 6.54 Å². The van der Waals surface area contributed by atoms with Crippen molar-refractivity contribution in [2.75, 3.05) is 0 Å². The van der Waals surface area contributed by atoms with E-state index in [-0.39, 0.29) is 5.56 Å². The molecule has 1 unspecified atom stereocenters. The number of aliphatic hydroxyl groups is 1. The maximum atomic E-state index is 10.8. The summed E-state index contributed by atoms with van der Waals surface area (Å²) < 4.78 is 0.970. The van der Waals surface area contributed by atoms with Crippen LogP contribution in [0.4, 0.5) is 0 Å². The van der Waals surface area contributed by atoms with Gasteiger partial charge < -0.3 is 15.5 Å². The lowest BCUT2D eigenvalue weighted by Crippen LogP contribution is -2.44. The fourth-order valence-electron chi connectivity index (χ4n) is 2.25. The Morgan fingerprint density at radius 1 is 1.13 bits per heavy atom. The van der Waals surface area contributed by atoms with Crippen molar-refractivity contribution < 1.29 is 15.0 Å². The number of hydrogen-bond donors (Lipinski definition) is 3. The standard InChI is InChI=1S/C18H20BrNO3/c1-18(2,16(21)13-7-9-15(19)10-8-13)20-11-12-3-5-14(6-4-12)17(22)23/h3-10,16,20-21H,11H2,1-2H3,(H,22,23). The highest BCUT2D eigenvalue weighted by Gasteiger charge is 2.28. The van der Waals surface area contributed by atoms with Crippen LogP contribution in [0.3, 0.4) is 0 Å². The van der Waals surface area contributed by atoms with Crippen LogP contribution in [0.1, 0.15) is 41.4 Å². The average Bonchev–Trinajstić information content (AvgIpc) is 2.53. The van der Waals surface area contributed by atoms with Crippen molar-refractivity contribution in [2.24, 2.45) is 0 Å².